The third-order valence-corrected chi connectivity index (χ3v) is 2.15. The second-order valence-corrected chi connectivity index (χ2v) is 3.52. The van der Waals surface area contributed by atoms with Crippen LogP contribution in [-0.2, 0) is 0 Å². The summed E-state index contributed by atoms with van der Waals surface area (Å²) in [7, 11) is 0. The smallest absolute Gasteiger partial charge is 0.127 e. The topological polar surface area (TPSA) is 30.2 Å². The minimum Gasteiger partial charge on any atom is -0.236 e. The molecule has 2 rings (SSSR count). The fourth-order valence-corrected chi connectivity index (χ4v) is 1.53. The summed E-state index contributed by atoms with van der Waals surface area (Å²) in [6.07, 6.45) is 1.78. The number of rotatable bonds is 1. The minimum atomic E-state index is 0.452. The summed E-state index contributed by atoms with van der Waals surface area (Å²) in [5.41, 5.74) is 2.25. The van der Waals surface area contributed by atoms with Gasteiger partial charge in [0.1, 0.15) is 5.82 Å². The summed E-state index contributed by atoms with van der Waals surface area (Å²) in [5, 5.41) is 4.24. The van der Waals surface area contributed by atoms with Crippen molar-refractivity contribution in [2.24, 2.45) is 0 Å². The fourth-order valence-electron chi connectivity index (χ4n) is 1.53. The van der Waals surface area contributed by atoms with Crippen molar-refractivity contribution in [1.29, 1.82) is 0 Å². The van der Waals surface area contributed by atoms with Gasteiger partial charge in [-0.15, -0.1) is 0 Å². The van der Waals surface area contributed by atoms with Gasteiger partial charge in [0.25, 0.3) is 0 Å². The molecule has 0 unspecified atom stereocenters. The van der Waals surface area contributed by atoms with Crippen LogP contribution >= 0.6 is 0 Å². The molecule has 2 heterocycles. The Balaban J connectivity index is 2.78. The summed E-state index contributed by atoms with van der Waals surface area (Å²) < 4.78 is 1.88. The number of fused-ring (bicyclic) bond motifs is 1. The van der Waals surface area contributed by atoms with E-state index in [1.165, 1.54) is 0 Å². The Morgan fingerprint density at radius 1 is 1.38 bits per heavy atom. The molecule has 68 valence electrons. The molecule has 0 spiro atoms. The molecule has 0 amide bonds. The zero-order valence-electron chi connectivity index (χ0n) is 8.15. The number of hydrogen-bond donors (Lipinski definition) is 0. The highest BCUT2D eigenvalue weighted by atomic mass is 15.3. The average Bonchev–Trinajstić information content (AvgIpc) is 2.45. The van der Waals surface area contributed by atoms with Gasteiger partial charge in [0, 0.05) is 6.20 Å². The summed E-state index contributed by atoms with van der Waals surface area (Å²) in [4.78, 5) is 4.49. The first kappa shape index (κ1) is 8.23. The van der Waals surface area contributed by atoms with Gasteiger partial charge < -0.3 is 0 Å². The molecule has 2 aromatic heterocycles. The van der Waals surface area contributed by atoms with Crippen molar-refractivity contribution in [3.8, 4) is 0 Å². The average molecular weight is 175 g/mol. The summed E-state index contributed by atoms with van der Waals surface area (Å²) in [6, 6.07) is 4.00. The van der Waals surface area contributed by atoms with Crippen LogP contribution in [0, 0.1) is 6.92 Å². The molecule has 0 aliphatic rings. The van der Waals surface area contributed by atoms with Gasteiger partial charge >= 0.3 is 0 Å². The maximum atomic E-state index is 4.49. The van der Waals surface area contributed by atoms with Gasteiger partial charge in [-0.25, -0.2) is 9.50 Å². The fraction of sp³-hybridized carbons (Fsp3) is 0.400. The molecule has 0 bridgehead atoms. The van der Waals surface area contributed by atoms with Crippen LogP contribution in [0.2, 0.25) is 0 Å². The van der Waals surface area contributed by atoms with E-state index in [9.17, 15) is 0 Å². The van der Waals surface area contributed by atoms with Crippen molar-refractivity contribution in [1.82, 2.24) is 14.6 Å². The van der Waals surface area contributed by atoms with Crippen molar-refractivity contribution in [3.63, 3.8) is 0 Å². The van der Waals surface area contributed by atoms with Crippen LogP contribution in [0.5, 0.6) is 0 Å². The molecule has 3 nitrogen and oxygen atoms in total. The van der Waals surface area contributed by atoms with Crippen LogP contribution < -0.4 is 0 Å². The predicted molar refractivity (Wildman–Crippen MR) is 51.8 cm³/mol. The van der Waals surface area contributed by atoms with Crippen molar-refractivity contribution < 1.29 is 0 Å². The number of aryl methyl sites for hydroxylation is 1. The Kier molecular flexibility index (Phi) is 1.79. The first-order valence-electron chi connectivity index (χ1n) is 4.50. The summed E-state index contributed by atoms with van der Waals surface area (Å²) in [5.74, 6) is 1.41. The van der Waals surface area contributed by atoms with E-state index >= 15 is 0 Å². The molecule has 0 aliphatic heterocycles. The van der Waals surface area contributed by atoms with Gasteiger partial charge in [0.15, 0.2) is 0 Å². The van der Waals surface area contributed by atoms with E-state index < -0.39 is 0 Å². The van der Waals surface area contributed by atoms with Gasteiger partial charge in [-0.1, -0.05) is 13.8 Å². The van der Waals surface area contributed by atoms with Crippen LogP contribution in [0.25, 0.3) is 5.52 Å². The minimum absolute atomic E-state index is 0.452. The Hall–Kier alpha value is -1.38. The molecule has 0 aromatic carbocycles. The molecule has 0 fully saturated rings. The molecule has 0 saturated carbocycles. The highest BCUT2D eigenvalue weighted by Gasteiger charge is 2.10. The Morgan fingerprint density at radius 2 is 2.15 bits per heavy atom. The molecular weight excluding hydrogens is 162 g/mol. The summed E-state index contributed by atoms with van der Waals surface area (Å²) >= 11 is 0. The first-order chi connectivity index (χ1) is 6.20. The third kappa shape index (κ3) is 1.20. The number of hydrogen-bond acceptors (Lipinski definition) is 2. The maximum Gasteiger partial charge on any atom is 0.127 e. The normalized spacial score (nSPS) is 11.4. The highest BCUT2D eigenvalue weighted by Crippen LogP contribution is 2.19. The summed E-state index contributed by atoms with van der Waals surface area (Å²) in [6.45, 7) is 6.27. The van der Waals surface area contributed by atoms with Gasteiger partial charge in [-0.3, -0.25) is 0 Å². The molecule has 2 aromatic rings. The Bertz CT molecular complexity index is 429. The monoisotopic (exact) mass is 175 g/mol. The van der Waals surface area contributed by atoms with Crippen LogP contribution in [0.3, 0.4) is 0 Å². The van der Waals surface area contributed by atoms with Gasteiger partial charge in [-0.05, 0) is 25.0 Å². The van der Waals surface area contributed by atoms with Gasteiger partial charge in [-0.2, -0.15) is 5.10 Å². The van der Waals surface area contributed by atoms with E-state index in [2.05, 4.69) is 30.0 Å². The van der Waals surface area contributed by atoms with Crippen molar-refractivity contribution in [3.05, 3.63) is 29.8 Å². The number of nitrogens with zero attached hydrogens (tertiary/aromatic N) is 3. The van der Waals surface area contributed by atoms with Crippen LogP contribution in [-0.4, -0.2) is 14.6 Å². The second kappa shape index (κ2) is 2.83. The SMILES string of the molecule is Cc1nc(C(C)C)c2cccnn12. The molecule has 0 radical (unpaired) electrons. The van der Waals surface area contributed by atoms with Crippen LogP contribution in [0.1, 0.15) is 31.3 Å². The van der Waals surface area contributed by atoms with Crippen molar-refractivity contribution >= 4 is 5.52 Å². The predicted octanol–water partition coefficient (Wildman–Crippen LogP) is 2.16. The number of aromatic nitrogens is 3. The number of imidazole rings is 1. The third-order valence-electron chi connectivity index (χ3n) is 2.15. The van der Waals surface area contributed by atoms with Crippen LogP contribution in [0.4, 0.5) is 0 Å². The Morgan fingerprint density at radius 3 is 2.85 bits per heavy atom. The van der Waals surface area contributed by atoms with E-state index in [1.807, 2.05) is 17.5 Å². The van der Waals surface area contributed by atoms with Gasteiger partial charge in [0.05, 0.1) is 11.2 Å². The zero-order chi connectivity index (χ0) is 9.42. The molecule has 0 aliphatic carbocycles. The highest BCUT2D eigenvalue weighted by molar-refractivity contribution is 5.52. The standard InChI is InChI=1S/C10H13N3/c1-7(2)10-9-5-4-6-11-13(9)8(3)12-10/h4-7H,1-3H3. The van der Waals surface area contributed by atoms with Crippen LogP contribution in [0.15, 0.2) is 18.3 Å². The molecule has 0 saturated heterocycles. The van der Waals surface area contributed by atoms with E-state index in [0.29, 0.717) is 5.92 Å². The molecule has 3 heteroatoms. The van der Waals surface area contributed by atoms with Crippen molar-refractivity contribution in [2.75, 3.05) is 0 Å². The lowest BCUT2D eigenvalue weighted by Crippen LogP contribution is -1.92. The second-order valence-electron chi connectivity index (χ2n) is 3.52. The lowest BCUT2D eigenvalue weighted by Gasteiger charge is -1.99. The first-order valence-corrected chi connectivity index (χ1v) is 4.50. The molecule has 13 heavy (non-hydrogen) atoms. The maximum absolute atomic E-state index is 4.49. The molecular formula is C10H13N3. The van der Waals surface area contributed by atoms with Crippen molar-refractivity contribution in [2.45, 2.75) is 26.7 Å². The zero-order valence-corrected chi connectivity index (χ0v) is 8.15. The van der Waals surface area contributed by atoms with E-state index in [0.717, 1.165) is 17.0 Å². The quantitative estimate of drug-likeness (QED) is 0.664. The van der Waals surface area contributed by atoms with E-state index in [4.69, 9.17) is 0 Å². The molecule has 0 atom stereocenters. The van der Waals surface area contributed by atoms with E-state index in [-0.39, 0.29) is 0 Å². The Labute approximate surface area is 77.4 Å². The largest absolute Gasteiger partial charge is 0.236 e. The lowest BCUT2D eigenvalue weighted by molar-refractivity contribution is 0.834. The van der Waals surface area contributed by atoms with Gasteiger partial charge in [0.2, 0.25) is 0 Å². The molecule has 0 N–H and O–H groups in total. The van der Waals surface area contributed by atoms with E-state index in [1.54, 1.807) is 6.20 Å². The lowest BCUT2D eigenvalue weighted by atomic mass is 10.1.